The highest BCUT2D eigenvalue weighted by atomic mass is 32.1. The van der Waals surface area contributed by atoms with Crippen molar-refractivity contribution >= 4 is 33.4 Å². The van der Waals surface area contributed by atoms with Crippen LogP contribution in [0.15, 0.2) is 60.4 Å². The molecule has 1 aromatic carbocycles. The number of fused-ring (bicyclic) bond motifs is 1. The number of pyridine rings is 1. The van der Waals surface area contributed by atoms with Crippen molar-refractivity contribution in [2.45, 2.75) is 6.54 Å². The van der Waals surface area contributed by atoms with Crippen molar-refractivity contribution in [1.82, 2.24) is 19.7 Å². The van der Waals surface area contributed by atoms with Crippen LogP contribution in [0.4, 0.5) is 5.13 Å². The van der Waals surface area contributed by atoms with Gasteiger partial charge in [-0.3, -0.25) is 10.1 Å². The second-order valence-corrected chi connectivity index (χ2v) is 6.11. The topological polar surface area (TPSA) is 72.7 Å². The zero-order valence-corrected chi connectivity index (χ0v) is 13.4. The third-order valence-corrected chi connectivity index (χ3v) is 4.25. The molecular weight excluding hydrogens is 322 g/mol. The van der Waals surface area contributed by atoms with Gasteiger partial charge < -0.3 is 0 Å². The number of hydrogen-bond acceptors (Lipinski definition) is 5. The maximum Gasteiger partial charge on any atom is 0.259 e. The zero-order valence-electron chi connectivity index (χ0n) is 12.6. The molecule has 0 atom stereocenters. The Morgan fingerprint density at radius 2 is 2.04 bits per heavy atom. The molecule has 0 aliphatic carbocycles. The second-order valence-electron chi connectivity index (χ2n) is 5.22. The van der Waals surface area contributed by atoms with Crippen LogP contribution in [-0.2, 0) is 6.54 Å². The third-order valence-electron chi connectivity index (χ3n) is 3.57. The van der Waals surface area contributed by atoms with Gasteiger partial charge in [-0.25, -0.2) is 14.6 Å². The van der Waals surface area contributed by atoms with E-state index in [-0.39, 0.29) is 5.91 Å². The van der Waals surface area contributed by atoms with Crippen LogP contribution in [0.2, 0.25) is 0 Å². The Labute approximate surface area is 141 Å². The van der Waals surface area contributed by atoms with Crippen LogP contribution in [0.5, 0.6) is 0 Å². The van der Waals surface area contributed by atoms with Gasteiger partial charge in [-0.15, -0.1) is 11.3 Å². The summed E-state index contributed by atoms with van der Waals surface area (Å²) in [6, 6.07) is 11.9. The first kappa shape index (κ1) is 14.5. The molecule has 3 heterocycles. The van der Waals surface area contributed by atoms with E-state index in [9.17, 15) is 4.79 Å². The average Bonchev–Trinajstić information content (AvgIpc) is 3.25. The van der Waals surface area contributed by atoms with E-state index >= 15 is 0 Å². The van der Waals surface area contributed by atoms with Crippen LogP contribution in [0, 0.1) is 0 Å². The number of anilines is 1. The molecule has 0 spiro atoms. The van der Waals surface area contributed by atoms with E-state index in [0.29, 0.717) is 17.2 Å². The largest absolute Gasteiger partial charge is 0.298 e. The summed E-state index contributed by atoms with van der Waals surface area (Å²) in [7, 11) is 0. The molecule has 4 aromatic rings. The van der Waals surface area contributed by atoms with Gasteiger partial charge >= 0.3 is 0 Å². The Balaban J connectivity index is 1.59. The van der Waals surface area contributed by atoms with E-state index in [1.807, 2.05) is 40.4 Å². The molecule has 0 radical (unpaired) electrons. The number of aromatic nitrogens is 4. The molecule has 4 rings (SSSR count). The summed E-state index contributed by atoms with van der Waals surface area (Å²) in [6.07, 6.45) is 4.94. The van der Waals surface area contributed by atoms with Crippen LogP contribution in [-0.4, -0.2) is 25.7 Å². The lowest BCUT2D eigenvalue weighted by molar-refractivity contribution is 0.102. The Hall–Kier alpha value is -3.06. The molecule has 0 saturated carbocycles. The van der Waals surface area contributed by atoms with Crippen molar-refractivity contribution in [3.63, 3.8) is 0 Å². The second kappa shape index (κ2) is 6.21. The number of carbonyl (C=O) groups is 1. The fourth-order valence-electron chi connectivity index (χ4n) is 2.42. The number of rotatable bonds is 4. The zero-order chi connectivity index (χ0) is 16.4. The number of thiazole rings is 1. The molecule has 0 unspecified atom stereocenters. The molecule has 24 heavy (non-hydrogen) atoms. The first-order valence-corrected chi connectivity index (χ1v) is 8.24. The molecule has 1 amide bonds. The van der Waals surface area contributed by atoms with Gasteiger partial charge in [-0.2, -0.15) is 5.10 Å². The van der Waals surface area contributed by atoms with E-state index in [1.54, 1.807) is 24.7 Å². The van der Waals surface area contributed by atoms with E-state index < -0.39 is 0 Å². The summed E-state index contributed by atoms with van der Waals surface area (Å²) in [4.78, 5) is 20.7. The van der Waals surface area contributed by atoms with Gasteiger partial charge in [0.05, 0.1) is 18.3 Å². The van der Waals surface area contributed by atoms with Crippen LogP contribution in [0.25, 0.3) is 11.0 Å². The Morgan fingerprint density at radius 3 is 2.83 bits per heavy atom. The van der Waals surface area contributed by atoms with Crippen LogP contribution >= 0.6 is 11.3 Å². The van der Waals surface area contributed by atoms with Crippen LogP contribution in [0.3, 0.4) is 0 Å². The van der Waals surface area contributed by atoms with E-state index in [2.05, 4.69) is 20.4 Å². The summed E-state index contributed by atoms with van der Waals surface area (Å²) in [5.41, 5.74) is 2.39. The minimum absolute atomic E-state index is 0.227. The Kier molecular flexibility index (Phi) is 3.76. The lowest BCUT2D eigenvalue weighted by Gasteiger charge is -2.04. The minimum atomic E-state index is -0.227. The summed E-state index contributed by atoms with van der Waals surface area (Å²) in [5, 5.41) is 10.3. The van der Waals surface area contributed by atoms with Crippen molar-refractivity contribution in [3.8, 4) is 0 Å². The monoisotopic (exact) mass is 335 g/mol. The molecule has 0 aliphatic heterocycles. The summed E-state index contributed by atoms with van der Waals surface area (Å²) >= 11 is 1.37. The number of amides is 1. The number of hydrogen-bond donors (Lipinski definition) is 1. The van der Waals surface area contributed by atoms with Crippen molar-refractivity contribution < 1.29 is 4.79 Å². The summed E-state index contributed by atoms with van der Waals surface area (Å²) < 4.78 is 1.83. The lowest BCUT2D eigenvalue weighted by atomic mass is 10.2. The first-order chi connectivity index (χ1) is 11.8. The number of nitrogens with zero attached hydrogens (tertiary/aromatic N) is 4. The Bertz CT molecular complexity index is 979. The van der Waals surface area contributed by atoms with Crippen molar-refractivity contribution in [3.05, 3.63) is 71.5 Å². The summed E-state index contributed by atoms with van der Waals surface area (Å²) in [6.45, 7) is 0.641. The van der Waals surface area contributed by atoms with Gasteiger partial charge in [-0.05, 0) is 11.6 Å². The Morgan fingerprint density at radius 1 is 1.17 bits per heavy atom. The fourth-order valence-corrected chi connectivity index (χ4v) is 2.95. The quantitative estimate of drug-likeness (QED) is 0.622. The molecule has 7 heteroatoms. The highest BCUT2D eigenvalue weighted by Gasteiger charge is 2.11. The van der Waals surface area contributed by atoms with Crippen LogP contribution < -0.4 is 5.32 Å². The molecule has 0 aliphatic rings. The van der Waals surface area contributed by atoms with Gasteiger partial charge in [0, 0.05) is 23.2 Å². The van der Waals surface area contributed by atoms with Gasteiger partial charge in [0.25, 0.3) is 5.91 Å². The highest BCUT2D eigenvalue weighted by molar-refractivity contribution is 7.13. The smallest absolute Gasteiger partial charge is 0.259 e. The third kappa shape index (κ3) is 2.89. The number of benzene rings is 1. The maximum atomic E-state index is 12.2. The van der Waals surface area contributed by atoms with Crippen molar-refractivity contribution in [1.29, 1.82) is 0 Å². The molecule has 1 N–H and O–H groups in total. The van der Waals surface area contributed by atoms with Crippen molar-refractivity contribution in [2.24, 2.45) is 0 Å². The maximum absolute atomic E-state index is 12.2. The van der Waals surface area contributed by atoms with E-state index in [1.165, 1.54) is 11.3 Å². The minimum Gasteiger partial charge on any atom is -0.298 e. The molecule has 3 aromatic heterocycles. The standard InChI is InChI=1S/C17H13N5OS/c23-16(21-17-18-6-7-24-17)14-8-13-10-20-22(15(13)19-9-14)11-12-4-2-1-3-5-12/h1-10H,11H2,(H,18,21,23). The molecule has 118 valence electrons. The molecule has 6 nitrogen and oxygen atoms in total. The first-order valence-electron chi connectivity index (χ1n) is 7.36. The average molecular weight is 335 g/mol. The lowest BCUT2D eigenvalue weighted by Crippen LogP contribution is -2.12. The SMILES string of the molecule is O=C(Nc1nccs1)c1cnc2c(cnn2Cc2ccccc2)c1. The van der Waals surface area contributed by atoms with Gasteiger partial charge in [0.1, 0.15) is 0 Å². The predicted molar refractivity (Wildman–Crippen MR) is 93.1 cm³/mol. The van der Waals surface area contributed by atoms with E-state index in [4.69, 9.17) is 0 Å². The summed E-state index contributed by atoms with van der Waals surface area (Å²) in [5.74, 6) is -0.227. The fraction of sp³-hybridized carbons (Fsp3) is 0.0588. The van der Waals surface area contributed by atoms with Crippen LogP contribution in [0.1, 0.15) is 15.9 Å². The molecule has 0 saturated heterocycles. The highest BCUT2D eigenvalue weighted by Crippen LogP contribution is 2.17. The van der Waals surface area contributed by atoms with Gasteiger partial charge in [0.15, 0.2) is 10.8 Å². The molecular formula is C17H13N5OS. The predicted octanol–water partition coefficient (Wildman–Crippen LogP) is 3.19. The number of nitrogens with one attached hydrogen (secondary N) is 1. The van der Waals surface area contributed by atoms with Gasteiger partial charge in [0.2, 0.25) is 0 Å². The van der Waals surface area contributed by atoms with Crippen molar-refractivity contribution in [2.75, 3.05) is 5.32 Å². The normalized spacial score (nSPS) is 10.8. The van der Waals surface area contributed by atoms with Gasteiger partial charge in [-0.1, -0.05) is 30.3 Å². The van der Waals surface area contributed by atoms with E-state index in [0.717, 1.165) is 16.6 Å². The molecule has 0 bridgehead atoms. The molecule has 0 fully saturated rings. The number of carbonyl (C=O) groups excluding carboxylic acids is 1.